The van der Waals surface area contributed by atoms with Crippen molar-refractivity contribution in [1.82, 2.24) is 40.4 Å². The number of rotatable bonds is 10. The van der Waals surface area contributed by atoms with E-state index in [9.17, 15) is 0 Å². The fourth-order valence-corrected chi connectivity index (χ4v) is 4.18. The molecule has 3 aromatic heterocycles. The number of tetrazole rings is 1. The molecule has 176 valence electrons. The lowest BCUT2D eigenvalue weighted by Crippen LogP contribution is -2.07. The van der Waals surface area contributed by atoms with Gasteiger partial charge in [-0.2, -0.15) is 10.3 Å². The van der Waals surface area contributed by atoms with Gasteiger partial charge in [-0.05, 0) is 34.4 Å². The van der Waals surface area contributed by atoms with Crippen molar-refractivity contribution in [3.05, 3.63) is 95.8 Å². The average Bonchev–Trinajstić information content (AvgIpc) is 3.56. The van der Waals surface area contributed by atoms with E-state index >= 15 is 0 Å². The minimum atomic E-state index is 0.553. The maximum Gasteiger partial charge on any atom is 0.205 e. The molecule has 0 amide bonds. The number of nitrogens with zero attached hydrogens (tertiary/aromatic N) is 7. The molecule has 8 heteroatoms. The molecule has 0 unspecified atom stereocenters. The standard InChI is InChI=1S/C27H28N8/c1-2-3-7-16-35-26(29-25(32-35)17-20-8-5-4-6-9-20)18-21-10-12-22(13-11-21)24-19-28-15-14-23(24)27-30-33-34-31-27/h4-6,8-15,19H,2-3,7,16-18H2,1H3,(H,30,31,33,34). The normalized spacial score (nSPS) is 11.1. The van der Waals surface area contributed by atoms with Crippen LogP contribution in [0.4, 0.5) is 0 Å². The van der Waals surface area contributed by atoms with Crippen LogP contribution < -0.4 is 0 Å². The first-order valence-corrected chi connectivity index (χ1v) is 12.0. The van der Waals surface area contributed by atoms with Gasteiger partial charge in [0, 0.05) is 42.9 Å². The van der Waals surface area contributed by atoms with Crippen molar-refractivity contribution in [3.63, 3.8) is 0 Å². The monoisotopic (exact) mass is 464 g/mol. The number of aromatic amines is 1. The van der Waals surface area contributed by atoms with E-state index in [2.05, 4.69) is 85.7 Å². The summed E-state index contributed by atoms with van der Waals surface area (Å²) in [6, 6.07) is 20.8. The Morgan fingerprint density at radius 1 is 0.857 bits per heavy atom. The van der Waals surface area contributed by atoms with E-state index < -0.39 is 0 Å². The number of hydrogen-bond donors (Lipinski definition) is 1. The number of H-pyrrole nitrogens is 1. The second-order valence-electron chi connectivity index (χ2n) is 8.57. The maximum atomic E-state index is 4.92. The van der Waals surface area contributed by atoms with Crippen LogP contribution in [0.1, 0.15) is 49.0 Å². The molecule has 5 aromatic rings. The van der Waals surface area contributed by atoms with Crippen LogP contribution in [0.3, 0.4) is 0 Å². The molecule has 1 N–H and O–H groups in total. The van der Waals surface area contributed by atoms with Crippen molar-refractivity contribution < 1.29 is 0 Å². The zero-order valence-corrected chi connectivity index (χ0v) is 19.8. The molecule has 5 rings (SSSR count). The molecular formula is C27H28N8. The second-order valence-corrected chi connectivity index (χ2v) is 8.57. The van der Waals surface area contributed by atoms with Gasteiger partial charge in [0.2, 0.25) is 5.82 Å². The van der Waals surface area contributed by atoms with Gasteiger partial charge in [-0.3, -0.25) is 4.98 Å². The zero-order chi connectivity index (χ0) is 23.9. The maximum absolute atomic E-state index is 4.92. The minimum Gasteiger partial charge on any atom is -0.264 e. The van der Waals surface area contributed by atoms with E-state index in [1.165, 1.54) is 24.0 Å². The quantitative estimate of drug-likeness (QED) is 0.296. The highest BCUT2D eigenvalue weighted by molar-refractivity contribution is 5.79. The van der Waals surface area contributed by atoms with Crippen molar-refractivity contribution in [2.75, 3.05) is 0 Å². The number of pyridine rings is 1. The fraction of sp³-hybridized carbons (Fsp3) is 0.259. The smallest absolute Gasteiger partial charge is 0.205 e. The summed E-state index contributed by atoms with van der Waals surface area (Å²) < 4.78 is 2.09. The summed E-state index contributed by atoms with van der Waals surface area (Å²) in [5.74, 6) is 2.44. The van der Waals surface area contributed by atoms with Gasteiger partial charge in [0.25, 0.3) is 0 Å². The minimum absolute atomic E-state index is 0.553. The molecule has 0 fully saturated rings. The molecule has 0 bridgehead atoms. The molecule has 0 saturated heterocycles. The van der Waals surface area contributed by atoms with Crippen LogP contribution in [0.15, 0.2) is 73.1 Å². The molecule has 35 heavy (non-hydrogen) atoms. The lowest BCUT2D eigenvalue weighted by Gasteiger charge is -2.08. The number of nitrogens with one attached hydrogen (secondary N) is 1. The van der Waals surface area contributed by atoms with E-state index in [1.807, 2.05) is 18.3 Å². The van der Waals surface area contributed by atoms with Crippen molar-refractivity contribution in [1.29, 1.82) is 0 Å². The van der Waals surface area contributed by atoms with Crippen LogP contribution >= 0.6 is 0 Å². The van der Waals surface area contributed by atoms with E-state index in [1.54, 1.807) is 6.20 Å². The van der Waals surface area contributed by atoms with Gasteiger partial charge < -0.3 is 0 Å². The number of benzene rings is 2. The summed E-state index contributed by atoms with van der Waals surface area (Å²) in [5, 5.41) is 19.3. The Morgan fingerprint density at radius 2 is 1.69 bits per heavy atom. The van der Waals surface area contributed by atoms with Gasteiger partial charge in [-0.1, -0.05) is 74.4 Å². The van der Waals surface area contributed by atoms with Crippen LogP contribution in [0.25, 0.3) is 22.5 Å². The number of aromatic nitrogens is 8. The van der Waals surface area contributed by atoms with Crippen molar-refractivity contribution in [2.45, 2.75) is 45.6 Å². The number of unbranched alkanes of at least 4 members (excludes halogenated alkanes) is 2. The molecule has 3 heterocycles. The van der Waals surface area contributed by atoms with E-state index in [-0.39, 0.29) is 0 Å². The van der Waals surface area contributed by atoms with Crippen LogP contribution in [0.5, 0.6) is 0 Å². The summed E-state index contributed by atoms with van der Waals surface area (Å²) in [6.45, 7) is 3.11. The van der Waals surface area contributed by atoms with E-state index in [4.69, 9.17) is 10.1 Å². The Balaban J connectivity index is 1.37. The predicted octanol–water partition coefficient (Wildman–Crippen LogP) is 4.89. The summed E-state index contributed by atoms with van der Waals surface area (Å²) in [7, 11) is 0. The van der Waals surface area contributed by atoms with Gasteiger partial charge in [0.1, 0.15) is 5.82 Å². The Bertz CT molecular complexity index is 1340. The van der Waals surface area contributed by atoms with E-state index in [0.29, 0.717) is 5.82 Å². The molecule has 0 aliphatic heterocycles. The summed E-state index contributed by atoms with van der Waals surface area (Å²) in [4.78, 5) is 9.22. The molecule has 0 radical (unpaired) electrons. The van der Waals surface area contributed by atoms with Gasteiger partial charge in [-0.15, -0.1) is 10.2 Å². The molecular weight excluding hydrogens is 436 g/mol. The SMILES string of the molecule is CCCCCn1nc(Cc2ccccc2)nc1Cc1ccc(-c2cnccc2-c2nn[nH]n2)cc1. The lowest BCUT2D eigenvalue weighted by molar-refractivity contribution is 0.532. The number of aryl methyl sites for hydroxylation is 1. The molecule has 0 spiro atoms. The molecule has 0 atom stereocenters. The van der Waals surface area contributed by atoms with Crippen molar-refractivity contribution >= 4 is 0 Å². The van der Waals surface area contributed by atoms with Crippen molar-refractivity contribution in [2.24, 2.45) is 0 Å². The highest BCUT2D eigenvalue weighted by atomic mass is 15.5. The summed E-state index contributed by atoms with van der Waals surface area (Å²) in [5.41, 5.74) is 5.32. The zero-order valence-electron chi connectivity index (χ0n) is 19.8. The Hall–Kier alpha value is -4.20. The molecule has 2 aromatic carbocycles. The largest absolute Gasteiger partial charge is 0.264 e. The van der Waals surface area contributed by atoms with Gasteiger partial charge in [0.05, 0.1) is 0 Å². The van der Waals surface area contributed by atoms with Crippen LogP contribution in [-0.2, 0) is 19.4 Å². The van der Waals surface area contributed by atoms with Gasteiger partial charge in [0.15, 0.2) is 5.82 Å². The Morgan fingerprint density at radius 3 is 2.46 bits per heavy atom. The topological polar surface area (TPSA) is 98.1 Å². The number of hydrogen-bond acceptors (Lipinski definition) is 6. The Labute approximate surface area is 204 Å². The summed E-state index contributed by atoms with van der Waals surface area (Å²) >= 11 is 0. The first kappa shape index (κ1) is 22.6. The molecule has 0 aliphatic carbocycles. The predicted molar refractivity (Wildman–Crippen MR) is 134 cm³/mol. The average molecular weight is 465 g/mol. The molecule has 8 nitrogen and oxygen atoms in total. The first-order chi connectivity index (χ1) is 17.3. The first-order valence-electron chi connectivity index (χ1n) is 12.0. The highest BCUT2D eigenvalue weighted by Gasteiger charge is 2.14. The van der Waals surface area contributed by atoms with Gasteiger partial charge >= 0.3 is 0 Å². The summed E-state index contributed by atoms with van der Waals surface area (Å²) in [6.07, 6.45) is 8.53. The molecule has 0 saturated carbocycles. The Kier molecular flexibility index (Phi) is 6.98. The lowest BCUT2D eigenvalue weighted by atomic mass is 9.99. The second kappa shape index (κ2) is 10.8. The van der Waals surface area contributed by atoms with E-state index in [0.717, 1.165) is 54.1 Å². The highest BCUT2D eigenvalue weighted by Crippen LogP contribution is 2.29. The van der Waals surface area contributed by atoms with Crippen LogP contribution in [0.2, 0.25) is 0 Å². The van der Waals surface area contributed by atoms with Crippen molar-refractivity contribution in [3.8, 4) is 22.5 Å². The van der Waals surface area contributed by atoms with Crippen LogP contribution in [-0.4, -0.2) is 40.4 Å². The molecule has 0 aliphatic rings. The van der Waals surface area contributed by atoms with Gasteiger partial charge in [-0.25, -0.2) is 9.67 Å². The third-order valence-electron chi connectivity index (χ3n) is 6.01. The van der Waals surface area contributed by atoms with Crippen LogP contribution in [0, 0.1) is 0 Å². The fourth-order valence-electron chi connectivity index (χ4n) is 4.18. The third kappa shape index (κ3) is 5.48. The third-order valence-corrected chi connectivity index (χ3v) is 6.01.